The van der Waals surface area contributed by atoms with E-state index in [1.807, 2.05) is 0 Å². The number of benzene rings is 2. The lowest BCUT2D eigenvalue weighted by atomic mass is 10.2. The van der Waals surface area contributed by atoms with Crippen molar-refractivity contribution in [1.82, 2.24) is 0 Å². The molecule has 0 aromatic heterocycles. The molecular weight excluding hydrogens is 323 g/mol. The first kappa shape index (κ1) is 17.7. The quantitative estimate of drug-likeness (QED) is 0.881. The molecule has 0 aliphatic rings. The second-order valence-corrected chi connectivity index (χ2v) is 5.20. The number of hydrogen-bond acceptors (Lipinski definition) is 3. The maximum Gasteiger partial charge on any atom is 0.416 e. The van der Waals surface area contributed by atoms with Gasteiger partial charge in [-0.3, -0.25) is 0 Å². The zero-order valence-electron chi connectivity index (χ0n) is 13.0. The van der Waals surface area contributed by atoms with Crippen molar-refractivity contribution in [3.63, 3.8) is 0 Å². The van der Waals surface area contributed by atoms with Gasteiger partial charge in [0.2, 0.25) is 0 Å². The van der Waals surface area contributed by atoms with E-state index in [1.54, 1.807) is 36.2 Å². The van der Waals surface area contributed by atoms with Crippen LogP contribution >= 0.6 is 0 Å². The van der Waals surface area contributed by atoms with Crippen LogP contribution in [0.1, 0.15) is 12.5 Å². The van der Waals surface area contributed by atoms with E-state index < -0.39 is 23.8 Å². The first-order valence-corrected chi connectivity index (χ1v) is 7.09. The van der Waals surface area contributed by atoms with Gasteiger partial charge in [0, 0.05) is 18.4 Å². The van der Waals surface area contributed by atoms with Crippen LogP contribution in [0.15, 0.2) is 48.5 Å². The van der Waals surface area contributed by atoms with Gasteiger partial charge in [0.15, 0.2) is 6.10 Å². The standard InChI is InChI=1S/C17H16F3NO3/c1-11(16(22)23)24-15-9-7-14(8-10-15)21(2)13-5-3-12(4-6-13)17(18,19)20/h3-11H,1-2H3,(H,22,23). The molecule has 0 radical (unpaired) electrons. The number of rotatable bonds is 5. The minimum Gasteiger partial charge on any atom is -0.479 e. The average molecular weight is 339 g/mol. The predicted octanol–water partition coefficient (Wildman–Crippen LogP) is 4.33. The Bertz CT molecular complexity index is 697. The summed E-state index contributed by atoms with van der Waals surface area (Å²) < 4.78 is 43.0. The van der Waals surface area contributed by atoms with Crippen molar-refractivity contribution < 1.29 is 27.8 Å². The lowest BCUT2D eigenvalue weighted by molar-refractivity contribution is -0.144. The highest BCUT2D eigenvalue weighted by atomic mass is 19.4. The number of carboxylic acids is 1. The third kappa shape index (κ3) is 4.18. The van der Waals surface area contributed by atoms with Gasteiger partial charge >= 0.3 is 12.1 Å². The third-order valence-corrected chi connectivity index (χ3v) is 3.47. The summed E-state index contributed by atoms with van der Waals surface area (Å²) in [5, 5.41) is 8.80. The van der Waals surface area contributed by atoms with E-state index in [1.165, 1.54) is 19.1 Å². The molecule has 1 N–H and O–H groups in total. The number of aliphatic carboxylic acids is 1. The van der Waals surface area contributed by atoms with Gasteiger partial charge in [0.05, 0.1) is 5.56 Å². The van der Waals surface area contributed by atoms with Crippen molar-refractivity contribution in [2.24, 2.45) is 0 Å². The Kier molecular flexibility index (Phi) is 5.02. The van der Waals surface area contributed by atoms with E-state index in [4.69, 9.17) is 9.84 Å². The SMILES string of the molecule is CC(Oc1ccc(N(C)c2ccc(C(F)(F)F)cc2)cc1)C(=O)O. The third-order valence-electron chi connectivity index (χ3n) is 3.47. The molecule has 0 aliphatic heterocycles. The molecule has 4 nitrogen and oxygen atoms in total. The number of anilines is 2. The highest BCUT2D eigenvalue weighted by molar-refractivity contribution is 5.72. The molecular formula is C17H16F3NO3. The molecule has 2 rings (SSSR count). The number of halogens is 3. The summed E-state index contributed by atoms with van der Waals surface area (Å²) in [6.45, 7) is 1.42. The van der Waals surface area contributed by atoms with E-state index in [2.05, 4.69) is 0 Å². The molecule has 128 valence electrons. The molecule has 1 atom stereocenters. The van der Waals surface area contributed by atoms with Crippen LogP contribution in [0.3, 0.4) is 0 Å². The van der Waals surface area contributed by atoms with E-state index in [-0.39, 0.29) is 0 Å². The number of carboxylic acid groups (broad SMARTS) is 1. The van der Waals surface area contributed by atoms with Gasteiger partial charge in [0.25, 0.3) is 0 Å². The Morgan fingerprint density at radius 2 is 1.50 bits per heavy atom. The summed E-state index contributed by atoms with van der Waals surface area (Å²) in [4.78, 5) is 12.5. The Hall–Kier alpha value is -2.70. The molecule has 0 fully saturated rings. The van der Waals surface area contributed by atoms with Crippen molar-refractivity contribution in [3.8, 4) is 5.75 Å². The second kappa shape index (κ2) is 6.82. The van der Waals surface area contributed by atoms with E-state index in [0.717, 1.165) is 17.8 Å². The lowest BCUT2D eigenvalue weighted by Gasteiger charge is -2.20. The zero-order chi connectivity index (χ0) is 17.9. The molecule has 7 heteroatoms. The van der Waals surface area contributed by atoms with Crippen LogP contribution in [0.25, 0.3) is 0 Å². The van der Waals surface area contributed by atoms with Crippen LogP contribution in [0, 0.1) is 0 Å². The number of hydrogen-bond donors (Lipinski definition) is 1. The van der Waals surface area contributed by atoms with E-state index in [9.17, 15) is 18.0 Å². The summed E-state index contributed by atoms with van der Waals surface area (Å²) in [6.07, 6.45) is -5.33. The molecule has 0 spiro atoms. The summed E-state index contributed by atoms with van der Waals surface area (Å²) >= 11 is 0. The predicted molar refractivity (Wildman–Crippen MR) is 83.7 cm³/mol. The van der Waals surface area contributed by atoms with Gasteiger partial charge in [-0.1, -0.05) is 0 Å². The Balaban J connectivity index is 2.12. The topological polar surface area (TPSA) is 49.8 Å². The van der Waals surface area contributed by atoms with Crippen LogP contribution in [-0.2, 0) is 11.0 Å². The minimum atomic E-state index is -4.36. The van der Waals surface area contributed by atoms with Crippen LogP contribution in [-0.4, -0.2) is 24.2 Å². The molecule has 1 unspecified atom stereocenters. The summed E-state index contributed by atoms with van der Waals surface area (Å²) in [7, 11) is 1.72. The summed E-state index contributed by atoms with van der Waals surface area (Å²) in [6, 6.07) is 11.4. The van der Waals surface area contributed by atoms with Crippen molar-refractivity contribution >= 4 is 17.3 Å². The molecule has 0 heterocycles. The first-order valence-electron chi connectivity index (χ1n) is 7.09. The molecule has 0 aliphatic carbocycles. The zero-order valence-corrected chi connectivity index (χ0v) is 13.0. The van der Waals surface area contributed by atoms with Gasteiger partial charge < -0.3 is 14.7 Å². The normalized spacial score (nSPS) is 12.5. The summed E-state index contributed by atoms with van der Waals surface area (Å²) in [5.74, 6) is -0.671. The number of nitrogens with zero attached hydrogens (tertiary/aromatic N) is 1. The average Bonchev–Trinajstić information content (AvgIpc) is 2.54. The molecule has 24 heavy (non-hydrogen) atoms. The highest BCUT2D eigenvalue weighted by Gasteiger charge is 2.30. The van der Waals surface area contributed by atoms with Gasteiger partial charge in [-0.2, -0.15) is 13.2 Å². The van der Waals surface area contributed by atoms with Crippen LogP contribution in [0.5, 0.6) is 5.75 Å². The highest BCUT2D eigenvalue weighted by Crippen LogP contribution is 2.32. The molecule has 0 amide bonds. The maximum atomic E-state index is 12.6. The number of carbonyl (C=O) groups is 1. The van der Waals surface area contributed by atoms with Gasteiger partial charge in [-0.25, -0.2) is 4.79 Å². The second-order valence-electron chi connectivity index (χ2n) is 5.20. The van der Waals surface area contributed by atoms with E-state index in [0.29, 0.717) is 11.4 Å². The van der Waals surface area contributed by atoms with Crippen molar-refractivity contribution in [2.75, 3.05) is 11.9 Å². The Morgan fingerprint density at radius 3 is 1.92 bits per heavy atom. The molecule has 0 saturated heterocycles. The smallest absolute Gasteiger partial charge is 0.416 e. The first-order chi connectivity index (χ1) is 11.2. The number of alkyl halides is 3. The van der Waals surface area contributed by atoms with Gasteiger partial charge in [-0.15, -0.1) is 0 Å². The Morgan fingerprint density at radius 1 is 1.04 bits per heavy atom. The van der Waals surface area contributed by atoms with Crippen LogP contribution in [0.2, 0.25) is 0 Å². The fourth-order valence-electron chi connectivity index (χ4n) is 2.03. The lowest BCUT2D eigenvalue weighted by Crippen LogP contribution is -2.22. The van der Waals surface area contributed by atoms with Crippen molar-refractivity contribution in [2.45, 2.75) is 19.2 Å². The molecule has 0 saturated carbocycles. The molecule has 2 aromatic rings. The minimum absolute atomic E-state index is 0.398. The fraction of sp³-hybridized carbons (Fsp3) is 0.235. The monoisotopic (exact) mass is 339 g/mol. The summed E-state index contributed by atoms with van der Waals surface area (Å²) in [5.41, 5.74) is 0.617. The molecule has 0 bridgehead atoms. The van der Waals surface area contributed by atoms with Crippen LogP contribution in [0.4, 0.5) is 24.5 Å². The van der Waals surface area contributed by atoms with Crippen molar-refractivity contribution in [1.29, 1.82) is 0 Å². The fourth-order valence-corrected chi connectivity index (χ4v) is 2.03. The van der Waals surface area contributed by atoms with Gasteiger partial charge in [-0.05, 0) is 55.5 Å². The largest absolute Gasteiger partial charge is 0.479 e. The van der Waals surface area contributed by atoms with E-state index >= 15 is 0 Å². The number of ether oxygens (including phenoxy) is 1. The van der Waals surface area contributed by atoms with Gasteiger partial charge in [0.1, 0.15) is 5.75 Å². The maximum absolute atomic E-state index is 12.6. The van der Waals surface area contributed by atoms with Crippen LogP contribution < -0.4 is 9.64 Å². The molecule has 2 aromatic carbocycles. The Labute approximate surface area is 137 Å². The van der Waals surface area contributed by atoms with Crippen molar-refractivity contribution in [3.05, 3.63) is 54.1 Å².